The molecule has 0 radical (unpaired) electrons. The highest BCUT2D eigenvalue weighted by Crippen LogP contribution is 2.23. The fourth-order valence-electron chi connectivity index (χ4n) is 6.03. The number of allylic oxidation sites excluding steroid dienone is 10. The van der Waals surface area contributed by atoms with E-state index in [9.17, 15) is 34.8 Å². The number of hydrogen-bond acceptors (Lipinski definition) is 10. The van der Waals surface area contributed by atoms with Crippen LogP contribution < -0.4 is 0 Å². The van der Waals surface area contributed by atoms with Crippen molar-refractivity contribution in [3.05, 3.63) is 60.8 Å². The molecule has 0 aromatic heterocycles. The first kappa shape index (κ1) is 50.9. The number of carbonyl (C=O) groups is 3. The largest absolute Gasteiger partial charge is 0.479 e. The molecule has 4 N–H and O–H groups in total. The van der Waals surface area contributed by atoms with Gasteiger partial charge in [0, 0.05) is 12.8 Å². The van der Waals surface area contributed by atoms with E-state index in [0.717, 1.165) is 51.4 Å². The van der Waals surface area contributed by atoms with Gasteiger partial charge < -0.3 is 39.4 Å². The smallest absolute Gasteiger partial charge is 0.335 e. The Kier molecular flexibility index (Phi) is 31.9. The van der Waals surface area contributed by atoms with Gasteiger partial charge in [0.25, 0.3) is 0 Å². The number of carboxylic acids is 1. The molecule has 1 heterocycles. The van der Waals surface area contributed by atoms with Crippen molar-refractivity contribution in [2.75, 3.05) is 13.2 Å². The van der Waals surface area contributed by atoms with Gasteiger partial charge in [-0.3, -0.25) is 9.59 Å². The molecule has 0 bridgehead atoms. The molecule has 0 saturated carbocycles. The van der Waals surface area contributed by atoms with Crippen LogP contribution in [-0.2, 0) is 33.3 Å². The summed E-state index contributed by atoms with van der Waals surface area (Å²) in [5.74, 6) is -2.52. The summed E-state index contributed by atoms with van der Waals surface area (Å²) in [6, 6.07) is 0. The van der Waals surface area contributed by atoms with E-state index < -0.39 is 61.3 Å². The van der Waals surface area contributed by atoms with Crippen molar-refractivity contribution >= 4 is 17.9 Å². The fraction of sp³-hybridized carbons (Fsp3) is 0.711. The Balaban J connectivity index is 2.44. The van der Waals surface area contributed by atoms with Gasteiger partial charge in [0.1, 0.15) is 24.9 Å². The lowest BCUT2D eigenvalue weighted by Crippen LogP contribution is -2.60. The lowest BCUT2D eigenvalue weighted by atomic mass is 9.99. The van der Waals surface area contributed by atoms with Crippen LogP contribution in [-0.4, -0.2) is 88.4 Å². The van der Waals surface area contributed by atoms with Crippen molar-refractivity contribution < 1.29 is 53.8 Å². The normalized spacial score (nSPS) is 20.9. The van der Waals surface area contributed by atoms with E-state index in [0.29, 0.717) is 19.3 Å². The molecule has 11 heteroatoms. The third kappa shape index (κ3) is 26.7. The lowest BCUT2D eigenvalue weighted by Gasteiger charge is -2.38. The summed E-state index contributed by atoms with van der Waals surface area (Å²) in [6.07, 6.45) is 32.8. The summed E-state index contributed by atoms with van der Waals surface area (Å²) in [5.41, 5.74) is 0. The lowest BCUT2D eigenvalue weighted by molar-refractivity contribution is -0.298. The third-order valence-electron chi connectivity index (χ3n) is 9.38. The van der Waals surface area contributed by atoms with Crippen LogP contribution in [0.25, 0.3) is 0 Å². The second kappa shape index (κ2) is 35.1. The highest BCUT2D eigenvalue weighted by atomic mass is 16.7. The first-order chi connectivity index (χ1) is 27.2. The summed E-state index contributed by atoms with van der Waals surface area (Å²) in [5, 5.41) is 39.7. The maximum absolute atomic E-state index is 12.7. The van der Waals surface area contributed by atoms with Gasteiger partial charge in [0.05, 0.1) is 6.61 Å². The van der Waals surface area contributed by atoms with Gasteiger partial charge in [-0.1, -0.05) is 152 Å². The number of carboxylic acid groups (broad SMARTS) is 1. The van der Waals surface area contributed by atoms with Crippen LogP contribution in [0.15, 0.2) is 60.8 Å². The first-order valence-corrected chi connectivity index (χ1v) is 21.3. The van der Waals surface area contributed by atoms with Crippen molar-refractivity contribution in [3.63, 3.8) is 0 Å². The number of aliphatic carboxylic acids is 1. The van der Waals surface area contributed by atoms with Crippen LogP contribution in [0.3, 0.4) is 0 Å². The van der Waals surface area contributed by atoms with Crippen LogP contribution in [0.5, 0.6) is 0 Å². The SMILES string of the molecule is CC/C=C\C/C=C\C/C=C\C/C=C\C/C=C\CCCC(=O)OCC(COC1OC(C(=O)O)C(O)C(O)C1O)OC(=O)CCCCCCCCCCCCCCC. The maximum atomic E-state index is 12.7. The number of ether oxygens (including phenoxy) is 4. The van der Waals surface area contributed by atoms with Gasteiger partial charge >= 0.3 is 17.9 Å². The minimum Gasteiger partial charge on any atom is -0.479 e. The van der Waals surface area contributed by atoms with Crippen molar-refractivity contribution in [2.24, 2.45) is 0 Å². The zero-order valence-electron chi connectivity index (χ0n) is 34.4. The summed E-state index contributed by atoms with van der Waals surface area (Å²) in [6.45, 7) is 3.63. The number of aliphatic hydroxyl groups excluding tert-OH is 3. The molecule has 320 valence electrons. The zero-order valence-corrected chi connectivity index (χ0v) is 34.4. The third-order valence-corrected chi connectivity index (χ3v) is 9.38. The Morgan fingerprint density at radius 2 is 1.05 bits per heavy atom. The van der Waals surface area contributed by atoms with Crippen LogP contribution >= 0.6 is 0 Å². The molecule has 0 spiro atoms. The van der Waals surface area contributed by atoms with Gasteiger partial charge in [-0.2, -0.15) is 0 Å². The molecule has 0 aromatic rings. The highest BCUT2D eigenvalue weighted by Gasteiger charge is 2.47. The number of hydrogen-bond donors (Lipinski definition) is 4. The molecule has 6 unspecified atom stereocenters. The van der Waals surface area contributed by atoms with Gasteiger partial charge in [-0.15, -0.1) is 0 Å². The minimum atomic E-state index is -1.87. The molecule has 0 aliphatic carbocycles. The van der Waals surface area contributed by atoms with Gasteiger partial charge in [0.2, 0.25) is 0 Å². The van der Waals surface area contributed by atoms with E-state index in [1.165, 1.54) is 57.8 Å². The van der Waals surface area contributed by atoms with E-state index in [2.05, 4.69) is 68.5 Å². The highest BCUT2D eigenvalue weighted by molar-refractivity contribution is 5.73. The number of aliphatic hydroxyl groups is 3. The molecule has 1 aliphatic heterocycles. The molecule has 0 aromatic carbocycles. The Morgan fingerprint density at radius 3 is 1.57 bits per heavy atom. The van der Waals surface area contributed by atoms with E-state index in [-0.39, 0.29) is 19.4 Å². The summed E-state index contributed by atoms with van der Waals surface area (Å²) in [7, 11) is 0. The molecule has 6 atom stereocenters. The number of carbonyl (C=O) groups excluding carboxylic acids is 2. The van der Waals surface area contributed by atoms with Gasteiger partial charge in [-0.05, 0) is 51.4 Å². The van der Waals surface area contributed by atoms with E-state index >= 15 is 0 Å². The quantitative estimate of drug-likeness (QED) is 0.0279. The zero-order chi connectivity index (χ0) is 41.1. The van der Waals surface area contributed by atoms with Crippen molar-refractivity contribution in [3.8, 4) is 0 Å². The summed E-state index contributed by atoms with van der Waals surface area (Å²) >= 11 is 0. The monoisotopic (exact) mass is 791 g/mol. The molecule has 11 nitrogen and oxygen atoms in total. The van der Waals surface area contributed by atoms with Crippen molar-refractivity contribution in [1.82, 2.24) is 0 Å². The molecule has 1 saturated heterocycles. The number of rotatable bonds is 34. The predicted molar refractivity (Wildman–Crippen MR) is 220 cm³/mol. The average molecular weight is 791 g/mol. The van der Waals surface area contributed by atoms with Crippen molar-refractivity contribution in [2.45, 2.75) is 192 Å². The van der Waals surface area contributed by atoms with Crippen LogP contribution in [0.2, 0.25) is 0 Å². The van der Waals surface area contributed by atoms with E-state index in [1.54, 1.807) is 0 Å². The Bertz CT molecular complexity index is 1160. The summed E-state index contributed by atoms with van der Waals surface area (Å²) in [4.78, 5) is 36.7. The van der Waals surface area contributed by atoms with E-state index in [1.807, 2.05) is 6.08 Å². The molecule has 0 amide bonds. The Hall–Kier alpha value is -3.09. The van der Waals surface area contributed by atoms with Crippen molar-refractivity contribution in [1.29, 1.82) is 0 Å². The Labute approximate surface area is 336 Å². The standard InChI is InChI=1S/C45H74O11/c1-3-5-7-9-11-13-15-17-18-19-20-22-23-25-27-29-31-33-38(46)53-35-37(36-54-45-42(50)40(48)41(49)43(56-45)44(51)52)55-39(47)34-32-30-28-26-24-21-16-14-12-10-8-6-4-2/h5,7,11,13,17-18,20,22,25,27,37,40-43,45,48-50H,3-4,6,8-10,12,14-16,19,21,23-24,26,28-36H2,1-2H3,(H,51,52)/b7-5-,13-11-,18-17-,22-20-,27-25-. The van der Waals surface area contributed by atoms with Crippen LogP contribution in [0.1, 0.15) is 155 Å². The average Bonchev–Trinajstić information content (AvgIpc) is 3.18. The predicted octanol–water partition coefficient (Wildman–Crippen LogP) is 8.75. The second-order valence-electron chi connectivity index (χ2n) is 14.5. The summed E-state index contributed by atoms with van der Waals surface area (Å²) < 4.78 is 21.6. The molecule has 1 fully saturated rings. The van der Waals surface area contributed by atoms with Gasteiger partial charge in [-0.25, -0.2) is 4.79 Å². The van der Waals surface area contributed by atoms with Crippen LogP contribution in [0.4, 0.5) is 0 Å². The molecular weight excluding hydrogens is 716 g/mol. The Morgan fingerprint density at radius 1 is 0.571 bits per heavy atom. The van der Waals surface area contributed by atoms with Gasteiger partial charge in [0.15, 0.2) is 18.5 Å². The minimum absolute atomic E-state index is 0.156. The first-order valence-electron chi connectivity index (χ1n) is 21.3. The molecule has 1 rings (SSSR count). The topological polar surface area (TPSA) is 169 Å². The molecular formula is C45H74O11. The van der Waals surface area contributed by atoms with Crippen LogP contribution in [0, 0.1) is 0 Å². The fourth-order valence-corrected chi connectivity index (χ4v) is 6.03. The second-order valence-corrected chi connectivity index (χ2v) is 14.5. The van der Waals surface area contributed by atoms with E-state index in [4.69, 9.17) is 18.9 Å². The molecule has 1 aliphatic rings. The number of esters is 2. The molecule has 56 heavy (non-hydrogen) atoms. The number of unbranched alkanes of at least 4 members (excludes halogenated alkanes) is 13. The maximum Gasteiger partial charge on any atom is 0.335 e.